The third kappa shape index (κ3) is 7.80. The lowest BCUT2D eigenvalue weighted by atomic mass is 10.1. The molecule has 1 saturated heterocycles. The van der Waals surface area contributed by atoms with Crippen molar-refractivity contribution in [1.82, 2.24) is 9.97 Å². The van der Waals surface area contributed by atoms with Gasteiger partial charge in [0, 0.05) is 70.3 Å². The summed E-state index contributed by atoms with van der Waals surface area (Å²) in [4.78, 5) is 31.0. The SMILES string of the molecule is CNc1cc(C(F)(F)F)cnc1N1CCC(OC(C)=O)CC1.N=C/C(=C\N)c1ccnc(C=O)c1. The van der Waals surface area contributed by atoms with Crippen molar-refractivity contribution in [2.75, 3.05) is 30.4 Å². The molecule has 35 heavy (non-hydrogen) atoms. The molecule has 0 bridgehead atoms. The number of ether oxygens (including phenoxy) is 1. The number of allylic oxidation sites excluding steroid dienone is 1. The maximum absolute atomic E-state index is 12.7. The molecule has 0 spiro atoms. The minimum Gasteiger partial charge on any atom is -0.462 e. The molecule has 0 aliphatic carbocycles. The van der Waals surface area contributed by atoms with Crippen LogP contribution in [-0.2, 0) is 15.7 Å². The van der Waals surface area contributed by atoms with Crippen molar-refractivity contribution in [3.63, 3.8) is 0 Å². The van der Waals surface area contributed by atoms with Crippen LogP contribution in [0.2, 0.25) is 0 Å². The Hall–Kier alpha value is -3.96. The summed E-state index contributed by atoms with van der Waals surface area (Å²) in [5, 5.41) is 9.80. The molecule has 0 amide bonds. The zero-order chi connectivity index (χ0) is 26.0. The molecule has 4 N–H and O–H groups in total. The van der Waals surface area contributed by atoms with Crippen molar-refractivity contribution in [1.29, 1.82) is 5.41 Å². The van der Waals surface area contributed by atoms with Gasteiger partial charge in [0.05, 0.1) is 11.3 Å². The molecule has 1 aliphatic rings. The summed E-state index contributed by atoms with van der Waals surface area (Å²) in [5.74, 6) is 0.166. The van der Waals surface area contributed by atoms with E-state index in [0.717, 1.165) is 24.0 Å². The number of carbonyl (C=O) groups excluding carboxylic acids is 2. The molecule has 3 heterocycles. The van der Waals surface area contributed by atoms with Gasteiger partial charge in [0.25, 0.3) is 0 Å². The van der Waals surface area contributed by atoms with Gasteiger partial charge in [-0.3, -0.25) is 14.6 Å². The van der Waals surface area contributed by atoms with Crippen molar-refractivity contribution in [3.05, 3.63) is 53.6 Å². The normalized spacial score (nSPS) is 14.4. The number of piperidine rings is 1. The maximum atomic E-state index is 12.7. The highest BCUT2D eigenvalue weighted by atomic mass is 19.4. The van der Waals surface area contributed by atoms with Gasteiger partial charge in [0.2, 0.25) is 0 Å². The molecule has 3 rings (SSSR count). The Morgan fingerprint density at radius 3 is 2.49 bits per heavy atom. The second-order valence-corrected chi connectivity index (χ2v) is 7.49. The minimum atomic E-state index is -4.42. The van der Waals surface area contributed by atoms with Gasteiger partial charge in [-0.1, -0.05) is 0 Å². The fourth-order valence-corrected chi connectivity index (χ4v) is 3.39. The van der Waals surface area contributed by atoms with Crippen LogP contribution in [-0.4, -0.2) is 54.7 Å². The third-order valence-electron chi connectivity index (χ3n) is 5.11. The smallest absolute Gasteiger partial charge is 0.417 e. The summed E-state index contributed by atoms with van der Waals surface area (Å²) in [5.41, 5.74) is 6.45. The minimum absolute atomic E-state index is 0.138. The summed E-state index contributed by atoms with van der Waals surface area (Å²) in [6.45, 7) is 2.51. The quantitative estimate of drug-likeness (QED) is 0.317. The maximum Gasteiger partial charge on any atom is 0.417 e. The highest BCUT2D eigenvalue weighted by Crippen LogP contribution is 2.34. The van der Waals surface area contributed by atoms with E-state index in [1.807, 2.05) is 4.90 Å². The van der Waals surface area contributed by atoms with E-state index >= 15 is 0 Å². The number of halogens is 3. The molecule has 0 saturated carbocycles. The van der Waals surface area contributed by atoms with Gasteiger partial charge in [-0.2, -0.15) is 13.2 Å². The highest BCUT2D eigenvalue weighted by Gasteiger charge is 2.32. The van der Waals surface area contributed by atoms with Crippen molar-refractivity contribution < 1.29 is 27.5 Å². The second kappa shape index (κ2) is 12.5. The van der Waals surface area contributed by atoms with Crippen LogP contribution in [0.3, 0.4) is 0 Å². The Morgan fingerprint density at radius 2 is 1.97 bits per heavy atom. The lowest BCUT2D eigenvalue weighted by Gasteiger charge is -2.33. The van der Waals surface area contributed by atoms with Gasteiger partial charge >= 0.3 is 12.1 Å². The van der Waals surface area contributed by atoms with Crippen LogP contribution < -0.4 is 16.0 Å². The van der Waals surface area contributed by atoms with E-state index < -0.39 is 11.7 Å². The molecule has 0 aromatic carbocycles. The first kappa shape index (κ1) is 27.3. The van der Waals surface area contributed by atoms with E-state index in [9.17, 15) is 22.8 Å². The molecule has 1 fully saturated rings. The second-order valence-electron chi connectivity index (χ2n) is 7.49. The Morgan fingerprint density at radius 1 is 1.29 bits per heavy atom. The van der Waals surface area contributed by atoms with Gasteiger partial charge in [0.1, 0.15) is 11.8 Å². The number of carbonyl (C=O) groups is 2. The number of anilines is 2. The van der Waals surface area contributed by atoms with E-state index in [-0.39, 0.29) is 12.1 Å². The lowest BCUT2D eigenvalue weighted by molar-refractivity contribution is -0.147. The van der Waals surface area contributed by atoms with E-state index in [1.54, 1.807) is 19.2 Å². The Labute approximate surface area is 200 Å². The number of rotatable bonds is 6. The third-order valence-corrected chi connectivity index (χ3v) is 5.11. The average molecular weight is 493 g/mol. The Kier molecular flexibility index (Phi) is 9.74. The summed E-state index contributed by atoms with van der Waals surface area (Å²) < 4.78 is 43.3. The molecular formula is C23H27F3N6O3. The number of aromatic nitrogens is 2. The largest absolute Gasteiger partial charge is 0.462 e. The van der Waals surface area contributed by atoms with E-state index in [4.69, 9.17) is 15.9 Å². The summed E-state index contributed by atoms with van der Waals surface area (Å²) in [6.07, 6.45) is 2.15. The standard InChI is InChI=1S/C14H18F3N3O2.C9H9N3O/c1-9(21)22-11-3-5-20(6-4-11)13-12(18-2)7-10(8-19-13)14(15,16)17;10-4-8(5-11)7-1-2-12-9(3-7)6-13/h7-8,11,18H,3-6H2,1-2H3;1-6,10H,11H2/b;8-5+,10-4?. The number of alkyl halides is 3. The van der Waals surface area contributed by atoms with Crippen molar-refractivity contribution >= 4 is 35.5 Å². The van der Waals surface area contributed by atoms with Gasteiger partial charge in [0.15, 0.2) is 12.1 Å². The van der Waals surface area contributed by atoms with Crippen LogP contribution >= 0.6 is 0 Å². The fraction of sp³-hybridized carbons (Fsp3) is 0.348. The number of pyridine rings is 2. The van der Waals surface area contributed by atoms with Crippen LogP contribution in [0.1, 0.15) is 41.4 Å². The van der Waals surface area contributed by atoms with Crippen molar-refractivity contribution in [2.24, 2.45) is 5.73 Å². The number of nitrogens with zero attached hydrogens (tertiary/aromatic N) is 3. The summed E-state index contributed by atoms with van der Waals surface area (Å²) >= 11 is 0. The Bertz CT molecular complexity index is 1070. The highest BCUT2D eigenvalue weighted by molar-refractivity contribution is 6.08. The first-order chi connectivity index (χ1) is 16.6. The molecule has 1 aliphatic heterocycles. The summed E-state index contributed by atoms with van der Waals surface area (Å²) in [6, 6.07) is 4.33. The average Bonchev–Trinajstić information content (AvgIpc) is 2.84. The van der Waals surface area contributed by atoms with Crippen molar-refractivity contribution in [3.8, 4) is 0 Å². The monoisotopic (exact) mass is 492 g/mol. The van der Waals surface area contributed by atoms with E-state index in [0.29, 0.717) is 55.0 Å². The Balaban J connectivity index is 0.000000283. The molecule has 2 aromatic rings. The fourth-order valence-electron chi connectivity index (χ4n) is 3.39. The number of aldehydes is 1. The first-order valence-electron chi connectivity index (χ1n) is 10.6. The first-order valence-corrected chi connectivity index (χ1v) is 10.6. The number of nitrogens with one attached hydrogen (secondary N) is 2. The molecule has 0 atom stereocenters. The predicted octanol–water partition coefficient (Wildman–Crippen LogP) is 3.52. The molecule has 188 valence electrons. The molecule has 12 heteroatoms. The number of nitrogens with two attached hydrogens (primary N) is 1. The van der Waals surface area contributed by atoms with Gasteiger partial charge in [-0.15, -0.1) is 0 Å². The van der Waals surface area contributed by atoms with E-state index in [1.165, 1.54) is 19.3 Å². The van der Waals surface area contributed by atoms with Gasteiger partial charge in [-0.25, -0.2) is 4.98 Å². The van der Waals surface area contributed by atoms with Crippen LogP contribution in [0, 0.1) is 5.41 Å². The molecule has 0 radical (unpaired) electrons. The van der Waals surface area contributed by atoms with Crippen LogP contribution in [0.25, 0.3) is 5.57 Å². The number of esters is 1. The van der Waals surface area contributed by atoms with Crippen LogP contribution in [0.4, 0.5) is 24.7 Å². The van der Waals surface area contributed by atoms with E-state index in [2.05, 4.69) is 15.3 Å². The van der Waals surface area contributed by atoms with Gasteiger partial charge < -0.3 is 26.1 Å². The molecule has 0 unspecified atom stereocenters. The number of hydrogen-bond donors (Lipinski definition) is 3. The summed E-state index contributed by atoms with van der Waals surface area (Å²) in [7, 11) is 1.56. The predicted molar refractivity (Wildman–Crippen MR) is 126 cm³/mol. The van der Waals surface area contributed by atoms with Crippen LogP contribution in [0.15, 0.2) is 36.8 Å². The van der Waals surface area contributed by atoms with Crippen LogP contribution in [0.5, 0.6) is 0 Å². The number of hydrogen-bond acceptors (Lipinski definition) is 9. The van der Waals surface area contributed by atoms with Gasteiger partial charge in [-0.05, 0) is 23.8 Å². The molecule has 2 aromatic heterocycles. The molecular weight excluding hydrogens is 465 g/mol. The zero-order valence-electron chi connectivity index (χ0n) is 19.3. The molecule has 9 nitrogen and oxygen atoms in total. The lowest BCUT2D eigenvalue weighted by Crippen LogP contribution is -2.38. The van der Waals surface area contributed by atoms with Crippen molar-refractivity contribution in [2.45, 2.75) is 32.0 Å². The zero-order valence-corrected chi connectivity index (χ0v) is 19.3. The topological polar surface area (TPSA) is 134 Å².